The lowest BCUT2D eigenvalue weighted by molar-refractivity contribution is -0.385. The fraction of sp³-hybridized carbons (Fsp3) is 0.538. The molecular weight excluding hydrogens is 249 g/mol. The van der Waals surface area contributed by atoms with Gasteiger partial charge in [0.1, 0.15) is 5.82 Å². The Bertz CT molecular complexity index is 467. The van der Waals surface area contributed by atoms with Crippen molar-refractivity contribution < 1.29 is 9.31 Å². The van der Waals surface area contributed by atoms with Gasteiger partial charge in [0, 0.05) is 25.2 Å². The molecule has 0 aromatic heterocycles. The van der Waals surface area contributed by atoms with Crippen LogP contribution in [0.4, 0.5) is 10.1 Å². The zero-order chi connectivity index (χ0) is 13.8. The van der Waals surface area contributed by atoms with Gasteiger partial charge in [0.25, 0.3) is 5.69 Å². The van der Waals surface area contributed by atoms with Crippen LogP contribution < -0.4 is 5.73 Å². The number of nitro groups is 1. The molecule has 0 saturated carbocycles. The number of halogens is 1. The van der Waals surface area contributed by atoms with Crippen LogP contribution in [0.5, 0.6) is 0 Å². The molecule has 0 radical (unpaired) electrons. The molecule has 1 aromatic carbocycles. The van der Waals surface area contributed by atoms with E-state index in [9.17, 15) is 14.5 Å². The second-order valence-corrected chi connectivity index (χ2v) is 4.93. The van der Waals surface area contributed by atoms with E-state index in [1.54, 1.807) is 0 Å². The number of likely N-dealkylation sites (tertiary alicyclic amines) is 1. The lowest BCUT2D eigenvalue weighted by Gasteiger charge is -2.34. The van der Waals surface area contributed by atoms with Crippen LogP contribution >= 0.6 is 0 Å². The molecule has 5 nitrogen and oxygen atoms in total. The Balaban J connectivity index is 2.15. The number of non-ortho nitro benzene ring substituents is 1. The Morgan fingerprint density at radius 2 is 2.21 bits per heavy atom. The number of nitrogens with two attached hydrogens (primary N) is 1. The Kier molecular flexibility index (Phi) is 4.44. The highest BCUT2D eigenvalue weighted by molar-refractivity contribution is 5.35. The van der Waals surface area contributed by atoms with Crippen molar-refractivity contribution in [2.45, 2.75) is 31.8 Å². The fourth-order valence-electron chi connectivity index (χ4n) is 2.60. The summed E-state index contributed by atoms with van der Waals surface area (Å²) >= 11 is 0. The lowest BCUT2D eigenvalue weighted by Crippen LogP contribution is -2.43. The zero-order valence-electron chi connectivity index (χ0n) is 10.7. The molecule has 104 valence electrons. The van der Waals surface area contributed by atoms with Gasteiger partial charge in [-0.15, -0.1) is 0 Å². The summed E-state index contributed by atoms with van der Waals surface area (Å²) in [4.78, 5) is 12.3. The zero-order valence-corrected chi connectivity index (χ0v) is 10.7. The van der Waals surface area contributed by atoms with Crippen molar-refractivity contribution in [3.8, 4) is 0 Å². The van der Waals surface area contributed by atoms with Crippen LogP contribution in [-0.2, 0) is 6.54 Å². The highest BCUT2D eigenvalue weighted by atomic mass is 19.1. The van der Waals surface area contributed by atoms with Crippen LogP contribution in [0.25, 0.3) is 0 Å². The molecule has 19 heavy (non-hydrogen) atoms. The monoisotopic (exact) mass is 267 g/mol. The number of benzene rings is 1. The average Bonchev–Trinajstić information content (AvgIpc) is 2.38. The van der Waals surface area contributed by atoms with Gasteiger partial charge in [0.2, 0.25) is 0 Å². The molecule has 1 aliphatic heterocycles. The van der Waals surface area contributed by atoms with E-state index in [1.165, 1.54) is 12.1 Å². The predicted molar refractivity (Wildman–Crippen MR) is 70.2 cm³/mol. The summed E-state index contributed by atoms with van der Waals surface area (Å²) in [7, 11) is 0. The first-order valence-corrected chi connectivity index (χ1v) is 6.48. The molecular formula is C13H18FN3O2. The van der Waals surface area contributed by atoms with E-state index in [0.717, 1.165) is 31.9 Å². The van der Waals surface area contributed by atoms with Crippen LogP contribution in [0.1, 0.15) is 24.8 Å². The second-order valence-electron chi connectivity index (χ2n) is 4.93. The number of nitrogens with zero attached hydrogens (tertiary/aromatic N) is 2. The molecule has 0 bridgehead atoms. The number of nitro benzene ring substituents is 1. The summed E-state index contributed by atoms with van der Waals surface area (Å²) in [5.41, 5.74) is 6.17. The fourth-order valence-corrected chi connectivity index (χ4v) is 2.60. The SMILES string of the molecule is NCC1CCCCN1Cc1cc(F)cc([N+](=O)[O-])c1. The van der Waals surface area contributed by atoms with Gasteiger partial charge in [-0.1, -0.05) is 6.42 Å². The molecule has 1 fully saturated rings. The smallest absolute Gasteiger partial charge is 0.272 e. The third-order valence-corrected chi connectivity index (χ3v) is 3.56. The summed E-state index contributed by atoms with van der Waals surface area (Å²) in [6.45, 7) is 1.99. The number of hydrogen-bond acceptors (Lipinski definition) is 4. The van der Waals surface area contributed by atoms with Crippen LogP contribution in [0, 0.1) is 15.9 Å². The van der Waals surface area contributed by atoms with Crippen molar-refractivity contribution in [3.63, 3.8) is 0 Å². The number of piperidine rings is 1. The van der Waals surface area contributed by atoms with E-state index in [4.69, 9.17) is 5.73 Å². The first kappa shape index (κ1) is 13.9. The van der Waals surface area contributed by atoms with E-state index in [1.807, 2.05) is 0 Å². The van der Waals surface area contributed by atoms with E-state index in [-0.39, 0.29) is 11.7 Å². The van der Waals surface area contributed by atoms with Crippen molar-refractivity contribution in [1.29, 1.82) is 0 Å². The van der Waals surface area contributed by atoms with E-state index >= 15 is 0 Å². The minimum Gasteiger partial charge on any atom is -0.329 e. The third-order valence-electron chi connectivity index (χ3n) is 3.56. The number of rotatable bonds is 4. The van der Waals surface area contributed by atoms with Gasteiger partial charge in [0.15, 0.2) is 0 Å². The maximum absolute atomic E-state index is 13.4. The standard InChI is InChI=1S/C13H18FN3O2/c14-11-5-10(6-13(7-11)17(18)19)9-16-4-2-1-3-12(16)8-15/h5-7,12H,1-4,8-9,15H2. The van der Waals surface area contributed by atoms with Crippen LogP contribution in [0.3, 0.4) is 0 Å². The maximum atomic E-state index is 13.4. The molecule has 1 aliphatic rings. The predicted octanol–water partition coefficient (Wildman–Crippen LogP) is 2.05. The topological polar surface area (TPSA) is 72.4 Å². The minimum absolute atomic E-state index is 0.198. The number of hydrogen-bond donors (Lipinski definition) is 1. The summed E-state index contributed by atoms with van der Waals surface area (Å²) in [6, 6.07) is 4.02. The summed E-state index contributed by atoms with van der Waals surface area (Å²) in [5, 5.41) is 10.7. The van der Waals surface area contributed by atoms with Crippen molar-refractivity contribution in [1.82, 2.24) is 4.90 Å². The van der Waals surface area contributed by atoms with Gasteiger partial charge in [-0.05, 0) is 31.0 Å². The maximum Gasteiger partial charge on any atom is 0.272 e. The van der Waals surface area contributed by atoms with Crippen molar-refractivity contribution in [2.24, 2.45) is 5.73 Å². The van der Waals surface area contributed by atoms with E-state index < -0.39 is 10.7 Å². The van der Waals surface area contributed by atoms with Crippen LogP contribution in [0.15, 0.2) is 18.2 Å². The lowest BCUT2D eigenvalue weighted by atomic mass is 10.0. The Morgan fingerprint density at radius 3 is 2.89 bits per heavy atom. The van der Waals surface area contributed by atoms with Gasteiger partial charge in [-0.2, -0.15) is 0 Å². The second kappa shape index (κ2) is 6.08. The Hall–Kier alpha value is -1.53. The molecule has 6 heteroatoms. The minimum atomic E-state index is -0.566. The van der Waals surface area contributed by atoms with Gasteiger partial charge < -0.3 is 5.73 Å². The van der Waals surface area contributed by atoms with Gasteiger partial charge in [-0.25, -0.2) is 4.39 Å². The molecule has 2 N–H and O–H groups in total. The average molecular weight is 267 g/mol. The quantitative estimate of drug-likeness (QED) is 0.669. The Labute approximate surface area is 111 Å². The van der Waals surface area contributed by atoms with Crippen molar-refractivity contribution in [3.05, 3.63) is 39.7 Å². The van der Waals surface area contributed by atoms with Crippen LogP contribution in [0.2, 0.25) is 0 Å². The molecule has 2 rings (SSSR count). The van der Waals surface area contributed by atoms with E-state index in [0.29, 0.717) is 18.7 Å². The first-order valence-electron chi connectivity index (χ1n) is 6.48. The first-order chi connectivity index (χ1) is 9.10. The largest absolute Gasteiger partial charge is 0.329 e. The summed E-state index contributed by atoms with van der Waals surface area (Å²) < 4.78 is 13.4. The third kappa shape index (κ3) is 3.48. The molecule has 1 unspecified atom stereocenters. The normalized spacial score (nSPS) is 20.4. The Morgan fingerprint density at radius 1 is 1.42 bits per heavy atom. The molecule has 0 spiro atoms. The molecule has 1 saturated heterocycles. The van der Waals surface area contributed by atoms with E-state index in [2.05, 4.69) is 4.90 Å². The molecule has 0 amide bonds. The molecule has 0 aliphatic carbocycles. The molecule has 1 atom stereocenters. The van der Waals surface area contributed by atoms with Crippen molar-refractivity contribution in [2.75, 3.05) is 13.1 Å². The summed E-state index contributed by atoms with van der Waals surface area (Å²) in [6.07, 6.45) is 3.28. The molecule has 1 heterocycles. The van der Waals surface area contributed by atoms with Crippen LogP contribution in [-0.4, -0.2) is 29.0 Å². The van der Waals surface area contributed by atoms with Gasteiger partial charge in [-0.3, -0.25) is 15.0 Å². The van der Waals surface area contributed by atoms with Gasteiger partial charge >= 0.3 is 0 Å². The molecule has 1 aromatic rings. The van der Waals surface area contributed by atoms with Crippen molar-refractivity contribution >= 4 is 5.69 Å². The summed E-state index contributed by atoms with van der Waals surface area (Å²) in [5.74, 6) is -0.564. The highest BCUT2D eigenvalue weighted by Crippen LogP contribution is 2.22. The highest BCUT2D eigenvalue weighted by Gasteiger charge is 2.22. The van der Waals surface area contributed by atoms with Gasteiger partial charge in [0.05, 0.1) is 11.0 Å².